The summed E-state index contributed by atoms with van der Waals surface area (Å²) in [5.41, 5.74) is 2.07. The number of aromatic amines is 1. The predicted octanol–water partition coefficient (Wildman–Crippen LogP) is 4.59. The first-order valence-electron chi connectivity index (χ1n) is 13.5. The number of tetrazole rings is 1. The van der Waals surface area contributed by atoms with Crippen LogP contribution in [0, 0.1) is 0 Å². The Kier molecular flexibility index (Phi) is 8.73. The molecular weight excluding hydrogens is 586 g/mol. The monoisotopic (exact) mass is 617 g/mol. The number of rotatable bonds is 11. The molecule has 0 saturated heterocycles. The number of sulfonamides is 1. The fourth-order valence-electron chi connectivity index (χ4n) is 4.15. The number of para-hydroxylation sites is 2. The van der Waals surface area contributed by atoms with Gasteiger partial charge in [-0.25, -0.2) is 18.5 Å². The largest absolute Gasteiger partial charge is 0.493 e. The SMILES string of the molecule is COc1ccccc1Oc1c(NS(=O)(=O)c2ccc(C(C)(C)C)cc2)nc(-c2ccc(-c3nnn[nH]3)cc2)nc1OCCO. The molecule has 13 nitrogen and oxygen atoms in total. The topological polar surface area (TPSA) is 174 Å². The molecule has 5 rings (SSSR count). The van der Waals surface area contributed by atoms with E-state index in [9.17, 15) is 13.5 Å². The van der Waals surface area contributed by atoms with Gasteiger partial charge in [-0.05, 0) is 45.7 Å². The Balaban J connectivity index is 1.62. The van der Waals surface area contributed by atoms with Crippen molar-refractivity contribution in [3.05, 3.63) is 78.4 Å². The van der Waals surface area contributed by atoms with Crippen LogP contribution < -0.4 is 18.9 Å². The van der Waals surface area contributed by atoms with Crippen molar-refractivity contribution in [1.82, 2.24) is 30.6 Å². The lowest BCUT2D eigenvalue weighted by Gasteiger charge is -2.20. The summed E-state index contributed by atoms with van der Waals surface area (Å²) in [6.45, 7) is 5.66. The molecule has 0 spiro atoms. The molecule has 0 aliphatic heterocycles. The van der Waals surface area contributed by atoms with Crippen molar-refractivity contribution >= 4 is 15.8 Å². The first kappa shape index (κ1) is 30.4. The number of H-pyrrole nitrogens is 1. The molecular formula is C30H31N7O6S. The maximum absolute atomic E-state index is 13.7. The van der Waals surface area contributed by atoms with Crippen LogP contribution in [0.5, 0.6) is 23.1 Å². The minimum atomic E-state index is -4.16. The van der Waals surface area contributed by atoms with Crippen molar-refractivity contribution in [3.63, 3.8) is 0 Å². The highest BCUT2D eigenvalue weighted by Crippen LogP contribution is 2.42. The fourth-order valence-corrected chi connectivity index (χ4v) is 5.16. The molecule has 0 aliphatic carbocycles. The highest BCUT2D eigenvalue weighted by atomic mass is 32.2. The summed E-state index contributed by atoms with van der Waals surface area (Å²) >= 11 is 0. The summed E-state index contributed by atoms with van der Waals surface area (Å²) in [5.74, 6) is 0.848. The van der Waals surface area contributed by atoms with Crippen LogP contribution in [0.3, 0.4) is 0 Å². The van der Waals surface area contributed by atoms with Crippen LogP contribution in [0.2, 0.25) is 0 Å². The Morgan fingerprint density at radius 1 is 0.909 bits per heavy atom. The van der Waals surface area contributed by atoms with E-state index < -0.39 is 10.0 Å². The van der Waals surface area contributed by atoms with E-state index in [2.05, 4.69) is 35.3 Å². The highest BCUT2D eigenvalue weighted by Gasteiger charge is 2.26. The molecule has 0 aliphatic rings. The van der Waals surface area contributed by atoms with Gasteiger partial charge in [0.25, 0.3) is 15.9 Å². The van der Waals surface area contributed by atoms with Crippen LogP contribution in [0.1, 0.15) is 26.3 Å². The second-order valence-corrected chi connectivity index (χ2v) is 12.2. The molecule has 44 heavy (non-hydrogen) atoms. The molecule has 3 aromatic carbocycles. The summed E-state index contributed by atoms with van der Waals surface area (Å²) < 4.78 is 47.3. The van der Waals surface area contributed by atoms with E-state index in [0.717, 1.165) is 5.56 Å². The molecule has 0 amide bonds. The van der Waals surface area contributed by atoms with Gasteiger partial charge in [0, 0.05) is 11.1 Å². The number of nitrogens with one attached hydrogen (secondary N) is 2. The van der Waals surface area contributed by atoms with Gasteiger partial charge in [-0.1, -0.05) is 69.3 Å². The van der Waals surface area contributed by atoms with E-state index in [1.807, 2.05) is 20.8 Å². The minimum absolute atomic E-state index is 0.0248. The number of hydrogen-bond donors (Lipinski definition) is 3. The average molecular weight is 618 g/mol. The Morgan fingerprint density at radius 3 is 2.20 bits per heavy atom. The number of methoxy groups -OCH3 is 1. The molecule has 228 valence electrons. The van der Waals surface area contributed by atoms with Gasteiger partial charge in [-0.3, -0.25) is 4.72 Å². The predicted molar refractivity (Wildman–Crippen MR) is 162 cm³/mol. The van der Waals surface area contributed by atoms with Crippen LogP contribution in [0.4, 0.5) is 5.82 Å². The van der Waals surface area contributed by atoms with E-state index in [1.54, 1.807) is 60.7 Å². The van der Waals surface area contributed by atoms with Crippen LogP contribution in [-0.4, -0.2) is 64.4 Å². The summed E-state index contributed by atoms with van der Waals surface area (Å²) in [6.07, 6.45) is 0. The molecule has 14 heteroatoms. The van der Waals surface area contributed by atoms with Crippen LogP contribution in [-0.2, 0) is 15.4 Å². The first-order valence-corrected chi connectivity index (χ1v) is 15.0. The second-order valence-electron chi connectivity index (χ2n) is 10.6. The third-order valence-electron chi connectivity index (χ3n) is 6.47. The van der Waals surface area contributed by atoms with Crippen molar-refractivity contribution in [1.29, 1.82) is 0 Å². The zero-order valence-corrected chi connectivity index (χ0v) is 25.3. The van der Waals surface area contributed by atoms with E-state index in [1.165, 1.54) is 19.2 Å². The van der Waals surface area contributed by atoms with Gasteiger partial charge < -0.3 is 19.3 Å². The third-order valence-corrected chi connectivity index (χ3v) is 7.82. The van der Waals surface area contributed by atoms with Crippen LogP contribution in [0.25, 0.3) is 22.8 Å². The molecule has 0 bridgehead atoms. The number of aliphatic hydroxyl groups excluding tert-OH is 1. The fraction of sp³-hybridized carbons (Fsp3) is 0.233. The van der Waals surface area contributed by atoms with E-state index >= 15 is 0 Å². The normalized spacial score (nSPS) is 11.7. The molecule has 0 atom stereocenters. The molecule has 0 fully saturated rings. The lowest BCUT2D eigenvalue weighted by molar-refractivity contribution is 0.192. The van der Waals surface area contributed by atoms with Crippen LogP contribution in [0.15, 0.2) is 77.7 Å². The van der Waals surface area contributed by atoms with E-state index in [0.29, 0.717) is 22.7 Å². The smallest absolute Gasteiger partial charge is 0.263 e. The maximum atomic E-state index is 13.7. The molecule has 5 aromatic rings. The number of aromatic nitrogens is 6. The third kappa shape index (κ3) is 6.76. The zero-order chi connectivity index (χ0) is 31.3. The molecule has 0 saturated carbocycles. The quantitative estimate of drug-likeness (QED) is 0.189. The standard InChI is InChI=1S/C30H31N7O6S/c1-30(2,3)21-13-15-22(16-14-21)44(39,40)35-28-25(43-24-8-6-5-7-23(24)41-4)29(42-18-17-38)32-26(31-28)19-9-11-20(12-10-19)27-33-36-37-34-27/h5-16,38H,17-18H2,1-4H3,(H,31,32,35)(H,33,34,36,37). The lowest BCUT2D eigenvalue weighted by Crippen LogP contribution is -2.17. The second kappa shape index (κ2) is 12.7. The van der Waals surface area contributed by atoms with Gasteiger partial charge in [0.2, 0.25) is 5.75 Å². The van der Waals surface area contributed by atoms with Crippen molar-refractivity contribution in [2.24, 2.45) is 0 Å². The number of hydrogen-bond acceptors (Lipinski definition) is 11. The number of benzene rings is 3. The van der Waals surface area contributed by atoms with E-state index in [-0.39, 0.29) is 52.5 Å². The van der Waals surface area contributed by atoms with Gasteiger partial charge in [0.1, 0.15) is 6.61 Å². The Bertz CT molecular complexity index is 1820. The minimum Gasteiger partial charge on any atom is -0.493 e. The Labute approximate surface area is 254 Å². The van der Waals surface area contributed by atoms with Crippen molar-refractivity contribution in [2.45, 2.75) is 31.1 Å². The summed E-state index contributed by atoms with van der Waals surface area (Å²) in [4.78, 5) is 9.12. The molecule has 0 unspecified atom stereocenters. The van der Waals surface area contributed by atoms with Gasteiger partial charge in [-0.2, -0.15) is 4.98 Å². The van der Waals surface area contributed by atoms with Gasteiger partial charge in [0.15, 0.2) is 29.0 Å². The van der Waals surface area contributed by atoms with E-state index in [4.69, 9.17) is 14.2 Å². The number of anilines is 1. The number of nitrogens with zero attached hydrogens (tertiary/aromatic N) is 5. The maximum Gasteiger partial charge on any atom is 0.263 e. The molecule has 3 N–H and O–H groups in total. The van der Waals surface area contributed by atoms with Crippen molar-refractivity contribution < 1.29 is 27.7 Å². The Hall–Kier alpha value is -5.08. The zero-order valence-electron chi connectivity index (χ0n) is 24.5. The van der Waals surface area contributed by atoms with Crippen molar-refractivity contribution in [2.75, 3.05) is 25.0 Å². The molecule has 2 heterocycles. The number of aliphatic hydroxyl groups is 1. The summed E-state index contributed by atoms with van der Waals surface area (Å²) in [6, 6.07) is 20.4. The molecule has 2 aromatic heterocycles. The highest BCUT2D eigenvalue weighted by molar-refractivity contribution is 7.92. The van der Waals surface area contributed by atoms with Gasteiger partial charge >= 0.3 is 0 Å². The summed E-state index contributed by atoms with van der Waals surface area (Å²) in [7, 11) is -2.68. The van der Waals surface area contributed by atoms with Crippen molar-refractivity contribution in [3.8, 4) is 45.9 Å². The van der Waals surface area contributed by atoms with Gasteiger partial charge in [0.05, 0.1) is 18.6 Å². The molecule has 0 radical (unpaired) electrons. The van der Waals surface area contributed by atoms with Gasteiger partial charge in [-0.15, -0.1) is 5.10 Å². The average Bonchev–Trinajstić information content (AvgIpc) is 3.56. The lowest BCUT2D eigenvalue weighted by atomic mass is 9.87. The Morgan fingerprint density at radius 2 is 1.59 bits per heavy atom. The van der Waals surface area contributed by atoms with Crippen LogP contribution >= 0.6 is 0 Å². The summed E-state index contributed by atoms with van der Waals surface area (Å²) in [5, 5.41) is 23.3. The first-order chi connectivity index (χ1) is 21.1. The number of ether oxygens (including phenoxy) is 3.